The van der Waals surface area contributed by atoms with Gasteiger partial charge in [-0.15, -0.1) is 0 Å². The molecular formula is C22H25N3O3. The summed E-state index contributed by atoms with van der Waals surface area (Å²) in [5.41, 5.74) is 3.55. The number of nitrogens with one attached hydrogen (secondary N) is 1. The summed E-state index contributed by atoms with van der Waals surface area (Å²) >= 11 is 0. The molecule has 3 rings (SSSR count). The lowest BCUT2D eigenvalue weighted by Crippen LogP contribution is -2.64. The molecule has 2 atom stereocenters. The van der Waals surface area contributed by atoms with Gasteiger partial charge in [0.1, 0.15) is 6.04 Å². The second-order valence-electron chi connectivity index (χ2n) is 6.95. The van der Waals surface area contributed by atoms with Crippen LogP contribution in [-0.2, 0) is 14.3 Å². The summed E-state index contributed by atoms with van der Waals surface area (Å²) in [6.45, 7) is 1.75. The number of hydrogen-bond acceptors (Lipinski definition) is 5. The van der Waals surface area contributed by atoms with Crippen molar-refractivity contribution < 1.29 is 14.3 Å². The Labute approximate surface area is 165 Å². The fourth-order valence-electron chi connectivity index (χ4n) is 3.34. The Morgan fingerprint density at radius 1 is 1.11 bits per heavy atom. The Balaban J connectivity index is 1.91. The van der Waals surface area contributed by atoms with E-state index in [1.165, 1.54) is 13.2 Å². The van der Waals surface area contributed by atoms with Crippen molar-refractivity contribution in [3.05, 3.63) is 71.9 Å². The molecule has 1 fully saturated rings. The molecule has 0 aliphatic carbocycles. The number of hydrogen-bond donors (Lipinski definition) is 1. The Bertz CT molecular complexity index is 876. The molecule has 28 heavy (non-hydrogen) atoms. The zero-order valence-electron chi connectivity index (χ0n) is 16.5. The van der Waals surface area contributed by atoms with Crippen LogP contribution in [-0.4, -0.2) is 39.1 Å². The minimum Gasteiger partial charge on any atom is -0.466 e. The predicted molar refractivity (Wildman–Crippen MR) is 110 cm³/mol. The first-order valence-corrected chi connectivity index (χ1v) is 9.10. The van der Waals surface area contributed by atoms with E-state index in [2.05, 4.69) is 10.1 Å². The van der Waals surface area contributed by atoms with Gasteiger partial charge in [-0.1, -0.05) is 30.3 Å². The quantitative estimate of drug-likeness (QED) is 0.475. The maximum absolute atomic E-state index is 12.9. The SMILES string of the molecule is COC(=O)/C=C(\C)NC1C(=O)N(c2ccccc2)C1c1ccc(N(C)C)cc1. The summed E-state index contributed by atoms with van der Waals surface area (Å²) in [5.74, 6) is -0.492. The van der Waals surface area contributed by atoms with E-state index in [9.17, 15) is 9.59 Å². The van der Waals surface area contributed by atoms with E-state index in [0.29, 0.717) is 5.70 Å². The Hall–Kier alpha value is -3.28. The molecule has 6 nitrogen and oxygen atoms in total. The molecular weight excluding hydrogens is 354 g/mol. The molecule has 1 N–H and O–H groups in total. The highest BCUT2D eigenvalue weighted by molar-refractivity contribution is 6.06. The number of anilines is 2. The lowest BCUT2D eigenvalue weighted by atomic mass is 9.87. The second kappa shape index (κ2) is 8.17. The normalized spacial score (nSPS) is 19.1. The first kappa shape index (κ1) is 19.5. The fourth-order valence-corrected chi connectivity index (χ4v) is 3.34. The molecule has 1 amide bonds. The molecule has 2 aromatic rings. The van der Waals surface area contributed by atoms with Crippen molar-refractivity contribution in [1.82, 2.24) is 5.32 Å². The Morgan fingerprint density at radius 3 is 2.32 bits per heavy atom. The highest BCUT2D eigenvalue weighted by Gasteiger charge is 2.49. The lowest BCUT2D eigenvalue weighted by Gasteiger charge is -2.48. The van der Waals surface area contributed by atoms with Gasteiger partial charge in [0, 0.05) is 37.2 Å². The Kier molecular flexibility index (Phi) is 5.68. The third-order valence-electron chi connectivity index (χ3n) is 4.80. The minimum atomic E-state index is -0.455. The molecule has 0 saturated carbocycles. The molecule has 0 bridgehead atoms. The monoisotopic (exact) mass is 379 g/mol. The molecule has 1 saturated heterocycles. The third kappa shape index (κ3) is 3.86. The Morgan fingerprint density at radius 2 is 1.75 bits per heavy atom. The molecule has 1 heterocycles. The first-order valence-electron chi connectivity index (χ1n) is 9.10. The van der Waals surface area contributed by atoms with Gasteiger partial charge in [0.25, 0.3) is 5.91 Å². The van der Waals surface area contributed by atoms with Gasteiger partial charge in [0.05, 0.1) is 13.2 Å². The number of esters is 1. The number of benzene rings is 2. The number of rotatable bonds is 6. The van der Waals surface area contributed by atoms with Crippen molar-refractivity contribution >= 4 is 23.3 Å². The van der Waals surface area contributed by atoms with Crippen LogP contribution < -0.4 is 15.1 Å². The van der Waals surface area contributed by atoms with Gasteiger partial charge < -0.3 is 19.9 Å². The molecule has 1 aliphatic heterocycles. The van der Waals surface area contributed by atoms with Crippen molar-refractivity contribution in [1.29, 1.82) is 0 Å². The van der Waals surface area contributed by atoms with Crippen LogP contribution in [0.4, 0.5) is 11.4 Å². The molecule has 0 radical (unpaired) electrons. The topological polar surface area (TPSA) is 61.9 Å². The highest BCUT2D eigenvalue weighted by Crippen LogP contribution is 2.39. The maximum Gasteiger partial charge on any atom is 0.332 e. The van der Waals surface area contributed by atoms with E-state index < -0.39 is 12.0 Å². The number of methoxy groups -OCH3 is 1. The van der Waals surface area contributed by atoms with Crippen LogP contribution in [0, 0.1) is 0 Å². The largest absolute Gasteiger partial charge is 0.466 e. The number of amides is 1. The number of carbonyl (C=O) groups excluding carboxylic acids is 2. The van der Waals surface area contributed by atoms with Crippen LogP contribution in [0.3, 0.4) is 0 Å². The van der Waals surface area contributed by atoms with Crippen molar-refractivity contribution in [3.63, 3.8) is 0 Å². The van der Waals surface area contributed by atoms with Crippen LogP contribution in [0.5, 0.6) is 0 Å². The second-order valence-corrected chi connectivity index (χ2v) is 6.95. The zero-order valence-corrected chi connectivity index (χ0v) is 16.5. The van der Waals surface area contributed by atoms with E-state index in [1.54, 1.807) is 11.8 Å². The van der Waals surface area contributed by atoms with Crippen LogP contribution in [0.1, 0.15) is 18.5 Å². The van der Waals surface area contributed by atoms with Gasteiger partial charge >= 0.3 is 5.97 Å². The summed E-state index contributed by atoms with van der Waals surface area (Å²) < 4.78 is 4.66. The van der Waals surface area contributed by atoms with Crippen molar-refractivity contribution in [2.75, 3.05) is 31.0 Å². The smallest absolute Gasteiger partial charge is 0.332 e. The van der Waals surface area contributed by atoms with Gasteiger partial charge in [0.15, 0.2) is 0 Å². The minimum absolute atomic E-state index is 0.0366. The van der Waals surface area contributed by atoms with Gasteiger partial charge in [-0.2, -0.15) is 0 Å². The van der Waals surface area contributed by atoms with Crippen LogP contribution >= 0.6 is 0 Å². The van der Waals surface area contributed by atoms with Crippen molar-refractivity contribution in [2.24, 2.45) is 0 Å². The van der Waals surface area contributed by atoms with Crippen molar-refractivity contribution in [3.8, 4) is 0 Å². The number of ether oxygens (including phenoxy) is 1. The van der Waals surface area contributed by atoms with Gasteiger partial charge in [-0.3, -0.25) is 4.79 Å². The standard InChI is InChI=1S/C22H25N3O3/c1-15(14-19(26)28-4)23-20-21(16-10-12-17(13-11-16)24(2)3)25(22(20)27)18-8-6-5-7-9-18/h5-14,20-21,23H,1-4H3/b15-14+. The number of nitrogens with zero attached hydrogens (tertiary/aromatic N) is 2. The van der Waals surface area contributed by atoms with Crippen LogP contribution in [0.25, 0.3) is 0 Å². The van der Waals surface area contributed by atoms with Crippen LogP contribution in [0.15, 0.2) is 66.4 Å². The molecule has 6 heteroatoms. The van der Waals surface area contributed by atoms with Gasteiger partial charge in [-0.25, -0.2) is 4.79 Å². The van der Waals surface area contributed by atoms with E-state index in [1.807, 2.05) is 73.6 Å². The molecule has 146 valence electrons. The first-order chi connectivity index (χ1) is 13.4. The molecule has 2 aromatic carbocycles. The molecule has 0 spiro atoms. The van der Waals surface area contributed by atoms with Gasteiger partial charge in [0.2, 0.25) is 0 Å². The average Bonchev–Trinajstić information content (AvgIpc) is 2.70. The van der Waals surface area contributed by atoms with E-state index in [-0.39, 0.29) is 11.9 Å². The summed E-state index contributed by atoms with van der Waals surface area (Å²) in [6.07, 6.45) is 1.35. The fraction of sp³-hybridized carbons (Fsp3) is 0.273. The zero-order chi connectivity index (χ0) is 20.3. The number of para-hydroxylation sites is 1. The average molecular weight is 379 g/mol. The molecule has 2 unspecified atom stereocenters. The summed E-state index contributed by atoms with van der Waals surface area (Å²) in [6, 6.07) is 17.1. The summed E-state index contributed by atoms with van der Waals surface area (Å²) in [4.78, 5) is 28.2. The maximum atomic E-state index is 12.9. The lowest BCUT2D eigenvalue weighted by molar-refractivity contribution is -0.135. The summed E-state index contributed by atoms with van der Waals surface area (Å²) in [7, 11) is 5.31. The van der Waals surface area contributed by atoms with Crippen molar-refractivity contribution in [2.45, 2.75) is 19.0 Å². The number of carbonyl (C=O) groups is 2. The molecule has 0 aromatic heterocycles. The number of β-lactam (4-membered cyclic amide) rings is 1. The number of allylic oxidation sites excluding steroid dienone is 1. The van der Waals surface area contributed by atoms with Gasteiger partial charge in [-0.05, 0) is 36.8 Å². The van der Waals surface area contributed by atoms with E-state index in [0.717, 1.165) is 16.9 Å². The van der Waals surface area contributed by atoms with E-state index in [4.69, 9.17) is 0 Å². The van der Waals surface area contributed by atoms with Crippen LogP contribution in [0.2, 0.25) is 0 Å². The molecule has 1 aliphatic rings. The third-order valence-corrected chi connectivity index (χ3v) is 4.80. The van der Waals surface area contributed by atoms with E-state index >= 15 is 0 Å². The summed E-state index contributed by atoms with van der Waals surface area (Å²) in [5, 5.41) is 3.18. The predicted octanol–water partition coefficient (Wildman–Crippen LogP) is 2.88. The highest BCUT2D eigenvalue weighted by atomic mass is 16.5.